The number of nitrogens with zero attached hydrogens (tertiary/aromatic N) is 1. The number of benzene rings is 3. The number of hydrogen-bond donors (Lipinski definition) is 1. The fourth-order valence-corrected chi connectivity index (χ4v) is 4.33. The van der Waals surface area contributed by atoms with Crippen molar-refractivity contribution in [3.8, 4) is 17.6 Å². The maximum atomic E-state index is 11.1. The number of carboxylic acids is 1. The van der Waals surface area contributed by atoms with Crippen LogP contribution in [0.15, 0.2) is 84.9 Å². The summed E-state index contributed by atoms with van der Waals surface area (Å²) in [6, 6.07) is 26.8. The van der Waals surface area contributed by atoms with Gasteiger partial charge in [0.05, 0.1) is 12.3 Å². The average molecular weight is 500 g/mol. The Hall–Kier alpha value is -3.46. The van der Waals surface area contributed by atoms with Gasteiger partial charge in [-0.25, -0.2) is 0 Å². The lowest BCUT2D eigenvalue weighted by Gasteiger charge is -2.26. The van der Waals surface area contributed by atoms with Crippen molar-refractivity contribution in [2.24, 2.45) is 0 Å². The van der Waals surface area contributed by atoms with E-state index in [1.165, 1.54) is 16.7 Å². The van der Waals surface area contributed by atoms with Gasteiger partial charge in [-0.05, 0) is 53.3 Å². The van der Waals surface area contributed by atoms with Crippen LogP contribution in [0, 0.1) is 11.8 Å². The van der Waals surface area contributed by atoms with E-state index in [0.717, 1.165) is 42.9 Å². The molecule has 186 valence electrons. The molecule has 0 spiro atoms. The molecule has 0 bridgehead atoms. The lowest BCUT2D eigenvalue weighted by Crippen LogP contribution is -2.28. The van der Waals surface area contributed by atoms with E-state index < -0.39 is 5.97 Å². The number of hydrogen-bond acceptors (Lipinski definition) is 3. The first kappa shape index (κ1) is 27.1. The molecule has 0 fully saturated rings. The molecule has 0 aliphatic carbocycles. The van der Waals surface area contributed by atoms with E-state index in [1.54, 1.807) is 6.92 Å². The van der Waals surface area contributed by atoms with Crippen LogP contribution in [0.5, 0.6) is 5.75 Å². The lowest BCUT2D eigenvalue weighted by molar-refractivity contribution is -0.137. The highest BCUT2D eigenvalue weighted by Crippen LogP contribution is 2.24. The van der Waals surface area contributed by atoms with Crippen LogP contribution < -0.4 is 4.74 Å². The van der Waals surface area contributed by atoms with Gasteiger partial charge in [-0.1, -0.05) is 78.7 Å². The molecule has 4 rings (SSSR count). The van der Waals surface area contributed by atoms with E-state index in [0.29, 0.717) is 6.61 Å². The number of carboxylic acid groups (broad SMARTS) is 1. The Morgan fingerprint density at radius 1 is 1.00 bits per heavy atom. The van der Waals surface area contributed by atoms with E-state index >= 15 is 0 Å². The Morgan fingerprint density at radius 3 is 2.31 bits per heavy atom. The Bertz CT molecular complexity index is 1210. The van der Waals surface area contributed by atoms with E-state index in [9.17, 15) is 4.79 Å². The number of aliphatic carboxylic acids is 1. The molecule has 3 aromatic carbocycles. The Labute approximate surface area is 221 Å². The molecule has 1 heterocycles. The first-order chi connectivity index (χ1) is 17.1. The molecule has 5 heteroatoms. The summed E-state index contributed by atoms with van der Waals surface area (Å²) in [5.74, 6) is 5.39. The van der Waals surface area contributed by atoms with Crippen molar-refractivity contribution in [2.45, 2.75) is 38.8 Å². The van der Waals surface area contributed by atoms with Gasteiger partial charge < -0.3 is 9.84 Å². The third-order valence-electron chi connectivity index (χ3n) is 6.25. The monoisotopic (exact) mass is 499 g/mol. The molecule has 36 heavy (non-hydrogen) atoms. The summed E-state index contributed by atoms with van der Waals surface area (Å²) in [7, 11) is 0. The summed E-state index contributed by atoms with van der Waals surface area (Å²) < 4.78 is 5.94. The molecule has 0 amide bonds. The second kappa shape index (κ2) is 13.6. The van der Waals surface area contributed by atoms with E-state index in [-0.39, 0.29) is 25.8 Å². The highest BCUT2D eigenvalue weighted by atomic mass is 32.1. The van der Waals surface area contributed by atoms with Gasteiger partial charge in [0.25, 0.3) is 0 Å². The van der Waals surface area contributed by atoms with Gasteiger partial charge >= 0.3 is 5.97 Å². The first-order valence-corrected chi connectivity index (χ1v) is 12.0. The highest BCUT2D eigenvalue weighted by molar-refractivity contribution is 7.59. The molecule has 1 atom stereocenters. The van der Waals surface area contributed by atoms with Gasteiger partial charge in [-0.15, -0.1) is 5.92 Å². The number of ether oxygens (including phenoxy) is 1. The SMILES string of the molecule is CC#C[C@@H](CC(=O)O)c1ccc(OCc2ccc(CN3CC=C(c4ccccc4)CC3)cc2)cc1.S. The third-order valence-corrected chi connectivity index (χ3v) is 6.25. The molecular weight excluding hydrogens is 466 g/mol. The normalized spacial score (nSPS) is 14.0. The predicted molar refractivity (Wildman–Crippen MR) is 150 cm³/mol. The minimum absolute atomic E-state index is 0. The van der Waals surface area contributed by atoms with Crippen LogP contribution in [0.4, 0.5) is 0 Å². The van der Waals surface area contributed by atoms with Crippen LogP contribution in [0.25, 0.3) is 5.57 Å². The van der Waals surface area contributed by atoms with E-state index in [2.05, 4.69) is 77.4 Å². The molecular formula is C31H33NO3S. The van der Waals surface area contributed by atoms with Crippen LogP contribution in [-0.4, -0.2) is 29.1 Å². The Balaban J connectivity index is 0.00000361. The highest BCUT2D eigenvalue weighted by Gasteiger charge is 2.14. The van der Waals surface area contributed by atoms with Gasteiger partial charge in [0.1, 0.15) is 12.4 Å². The summed E-state index contributed by atoms with van der Waals surface area (Å²) in [6.07, 6.45) is 3.43. The molecule has 0 radical (unpaired) electrons. The molecule has 0 saturated heterocycles. The van der Waals surface area contributed by atoms with Gasteiger partial charge in [0.15, 0.2) is 0 Å². The summed E-state index contributed by atoms with van der Waals surface area (Å²) in [6.45, 7) is 5.20. The maximum Gasteiger partial charge on any atom is 0.304 e. The van der Waals surface area contributed by atoms with Crippen LogP contribution >= 0.6 is 13.5 Å². The van der Waals surface area contributed by atoms with Crippen molar-refractivity contribution >= 4 is 25.0 Å². The largest absolute Gasteiger partial charge is 0.489 e. The van der Waals surface area contributed by atoms with Gasteiger partial charge in [0, 0.05) is 19.6 Å². The summed E-state index contributed by atoms with van der Waals surface area (Å²) in [4.78, 5) is 13.6. The summed E-state index contributed by atoms with van der Waals surface area (Å²) in [5.41, 5.74) is 6.08. The minimum Gasteiger partial charge on any atom is -0.489 e. The van der Waals surface area contributed by atoms with Crippen molar-refractivity contribution in [1.82, 2.24) is 4.90 Å². The summed E-state index contributed by atoms with van der Waals surface area (Å²) in [5, 5.41) is 9.10. The van der Waals surface area contributed by atoms with Crippen LogP contribution in [-0.2, 0) is 17.9 Å². The van der Waals surface area contributed by atoms with Crippen molar-refractivity contribution in [1.29, 1.82) is 0 Å². The summed E-state index contributed by atoms with van der Waals surface area (Å²) >= 11 is 0. The molecule has 0 saturated carbocycles. The number of rotatable bonds is 9. The minimum atomic E-state index is -0.852. The van der Waals surface area contributed by atoms with Crippen molar-refractivity contribution in [3.05, 3.63) is 107 Å². The van der Waals surface area contributed by atoms with Crippen molar-refractivity contribution < 1.29 is 14.6 Å². The van der Waals surface area contributed by atoms with Crippen molar-refractivity contribution in [3.63, 3.8) is 0 Å². The smallest absolute Gasteiger partial charge is 0.304 e. The van der Waals surface area contributed by atoms with Gasteiger partial charge in [0.2, 0.25) is 0 Å². The molecule has 3 aromatic rings. The van der Waals surface area contributed by atoms with Crippen LogP contribution in [0.2, 0.25) is 0 Å². The maximum absolute atomic E-state index is 11.1. The fraction of sp³-hybridized carbons (Fsp3) is 0.258. The zero-order chi connectivity index (χ0) is 24.5. The standard InChI is InChI=1S/C31H31NO3.H2S/c1-2-6-29(21-31(33)34)27-13-15-30(16-14-27)35-23-25-11-9-24(10-12-25)22-32-19-17-28(18-20-32)26-7-4-3-5-8-26;/h3-5,7-17,29H,18-23H2,1H3,(H,33,34);1H2/t29-;/m0./s1. The average Bonchev–Trinajstić information content (AvgIpc) is 2.89. The Kier molecular flexibility index (Phi) is 10.2. The topological polar surface area (TPSA) is 49.8 Å². The molecule has 4 nitrogen and oxygen atoms in total. The molecule has 1 N–H and O–H groups in total. The lowest BCUT2D eigenvalue weighted by atomic mass is 9.96. The first-order valence-electron chi connectivity index (χ1n) is 12.0. The fourth-order valence-electron chi connectivity index (χ4n) is 4.33. The van der Waals surface area contributed by atoms with E-state index in [1.807, 2.05) is 24.3 Å². The van der Waals surface area contributed by atoms with Gasteiger partial charge in [-0.2, -0.15) is 13.5 Å². The zero-order valence-corrected chi connectivity index (χ0v) is 21.6. The molecule has 0 aromatic heterocycles. The van der Waals surface area contributed by atoms with Gasteiger partial charge in [-0.3, -0.25) is 9.69 Å². The number of carbonyl (C=O) groups is 1. The quantitative estimate of drug-likeness (QED) is 0.354. The zero-order valence-electron chi connectivity index (χ0n) is 20.6. The van der Waals surface area contributed by atoms with Crippen LogP contribution in [0.1, 0.15) is 47.9 Å². The molecule has 1 aliphatic rings. The van der Waals surface area contributed by atoms with E-state index in [4.69, 9.17) is 9.84 Å². The van der Waals surface area contributed by atoms with Crippen LogP contribution in [0.3, 0.4) is 0 Å². The molecule has 1 aliphatic heterocycles. The predicted octanol–water partition coefficient (Wildman–Crippen LogP) is 6.25. The Morgan fingerprint density at radius 2 is 1.69 bits per heavy atom. The second-order valence-electron chi connectivity index (χ2n) is 8.80. The second-order valence-corrected chi connectivity index (χ2v) is 8.80. The van der Waals surface area contributed by atoms with Crippen molar-refractivity contribution in [2.75, 3.05) is 13.1 Å². The molecule has 0 unspecified atom stereocenters. The third kappa shape index (κ3) is 7.78.